The lowest BCUT2D eigenvalue weighted by atomic mass is 9.91. The van der Waals surface area contributed by atoms with E-state index in [-0.39, 0.29) is 37.1 Å². The van der Waals surface area contributed by atoms with Crippen molar-refractivity contribution in [3.8, 4) is 5.75 Å². The van der Waals surface area contributed by atoms with E-state index in [2.05, 4.69) is 5.32 Å². The van der Waals surface area contributed by atoms with Gasteiger partial charge in [0.2, 0.25) is 11.8 Å². The van der Waals surface area contributed by atoms with Crippen LogP contribution in [-0.4, -0.2) is 82.7 Å². The monoisotopic (exact) mass is 642 g/mol. The number of phenolic OH excluding ortho intramolecular Hbond substituents is 1. The number of phenols is 1. The van der Waals surface area contributed by atoms with Gasteiger partial charge < -0.3 is 34.6 Å². The molecule has 2 aliphatic heterocycles. The summed E-state index contributed by atoms with van der Waals surface area (Å²) in [5.41, 5.74) is 2.58. The molecule has 10 heteroatoms. The quantitative estimate of drug-likeness (QED) is 0.314. The van der Waals surface area contributed by atoms with Crippen LogP contribution in [0.5, 0.6) is 5.75 Å². The minimum absolute atomic E-state index is 0.132. The maximum atomic E-state index is 13.9. The molecule has 0 radical (unpaired) electrons. The second kappa shape index (κ2) is 13.3. The number of aliphatic hydroxyl groups excluding tert-OH is 1. The van der Waals surface area contributed by atoms with Crippen LogP contribution in [0.1, 0.15) is 66.4 Å². The number of aromatic hydroxyl groups is 1. The fourth-order valence-corrected chi connectivity index (χ4v) is 7.26. The van der Waals surface area contributed by atoms with Crippen LogP contribution < -0.4 is 5.32 Å². The summed E-state index contributed by atoms with van der Waals surface area (Å²) in [7, 11) is 0. The van der Waals surface area contributed by atoms with Crippen molar-refractivity contribution in [2.45, 2.75) is 81.5 Å². The molecular weight excluding hydrogens is 600 g/mol. The molecule has 2 saturated heterocycles. The number of para-hydroxylation sites is 1. The summed E-state index contributed by atoms with van der Waals surface area (Å²) < 4.78 is 19.6. The van der Waals surface area contributed by atoms with Crippen LogP contribution in [0.3, 0.4) is 0 Å². The van der Waals surface area contributed by atoms with Gasteiger partial charge in [0.15, 0.2) is 5.79 Å². The smallest absolute Gasteiger partial charge is 0.338 e. The molecule has 2 saturated carbocycles. The van der Waals surface area contributed by atoms with E-state index in [1.165, 1.54) is 0 Å². The molecule has 248 valence electrons. The standard InChI is InChI=1S/C37H42N2O8/c40-20-18-38-34(42)29-8-4-19-39(29)35(43)26-21-31(33-32(22-26)46-37(47-33,27-14-15-27)28-16-17-28)45-36(44)25-12-10-23(11-13-25)5-3-7-24-6-1-2-9-30(24)41/h1-3,5-6,9-13,22,27-29,31-33,40-41H,4,7-8,14-21H2,(H,38,42). The third kappa shape index (κ3) is 6.59. The number of amides is 2. The molecule has 2 aromatic carbocycles. The fourth-order valence-electron chi connectivity index (χ4n) is 7.26. The molecule has 47 heavy (non-hydrogen) atoms. The van der Waals surface area contributed by atoms with Crippen LogP contribution in [0.2, 0.25) is 0 Å². The highest BCUT2D eigenvalue weighted by atomic mass is 16.8. The molecular formula is C37H42N2O8. The molecule has 0 bridgehead atoms. The van der Waals surface area contributed by atoms with Gasteiger partial charge in [-0.15, -0.1) is 0 Å². The van der Waals surface area contributed by atoms with Gasteiger partial charge in [0, 0.05) is 36.9 Å². The normalized spacial score (nSPS) is 26.6. The van der Waals surface area contributed by atoms with E-state index >= 15 is 0 Å². The number of carbonyl (C=O) groups is 3. The number of aliphatic hydroxyl groups is 1. The molecule has 2 heterocycles. The van der Waals surface area contributed by atoms with Gasteiger partial charge in [-0.2, -0.15) is 0 Å². The van der Waals surface area contributed by atoms with E-state index in [0.717, 1.165) is 36.8 Å². The Hall–Kier alpha value is -3.99. The van der Waals surface area contributed by atoms with Crippen molar-refractivity contribution in [1.82, 2.24) is 10.2 Å². The number of hydrogen-bond donors (Lipinski definition) is 3. The van der Waals surface area contributed by atoms with E-state index in [9.17, 15) is 19.5 Å². The summed E-state index contributed by atoms with van der Waals surface area (Å²) >= 11 is 0. The number of ether oxygens (including phenoxy) is 3. The zero-order valence-electron chi connectivity index (χ0n) is 26.4. The zero-order valence-corrected chi connectivity index (χ0v) is 26.4. The zero-order chi connectivity index (χ0) is 32.5. The lowest BCUT2D eigenvalue weighted by molar-refractivity contribution is -0.209. The Balaban J connectivity index is 1.07. The average Bonchev–Trinajstić information content (AvgIpc) is 4.03. The van der Waals surface area contributed by atoms with Crippen LogP contribution in [0.25, 0.3) is 6.08 Å². The van der Waals surface area contributed by atoms with Gasteiger partial charge in [-0.1, -0.05) is 42.5 Å². The van der Waals surface area contributed by atoms with Gasteiger partial charge in [0.05, 0.1) is 12.2 Å². The van der Waals surface area contributed by atoms with E-state index < -0.39 is 36.1 Å². The summed E-state index contributed by atoms with van der Waals surface area (Å²) in [4.78, 5) is 41.8. The topological polar surface area (TPSA) is 135 Å². The molecule has 4 atom stereocenters. The summed E-state index contributed by atoms with van der Waals surface area (Å²) in [6.45, 7) is 0.408. The highest BCUT2D eigenvalue weighted by molar-refractivity contribution is 5.98. The van der Waals surface area contributed by atoms with Crippen LogP contribution in [0, 0.1) is 11.8 Å². The Kier molecular flexibility index (Phi) is 8.91. The van der Waals surface area contributed by atoms with Gasteiger partial charge in [-0.25, -0.2) is 4.79 Å². The van der Waals surface area contributed by atoms with E-state index in [1.807, 2.05) is 42.5 Å². The van der Waals surface area contributed by atoms with Crippen LogP contribution in [0.4, 0.5) is 0 Å². The highest BCUT2D eigenvalue weighted by Crippen LogP contribution is 2.59. The van der Waals surface area contributed by atoms with Crippen molar-refractivity contribution in [3.63, 3.8) is 0 Å². The minimum Gasteiger partial charge on any atom is -0.508 e. The van der Waals surface area contributed by atoms with Crippen molar-refractivity contribution in [3.05, 3.63) is 82.9 Å². The Bertz CT molecular complexity index is 1550. The molecule has 3 N–H and O–H groups in total. The Morgan fingerprint density at radius 3 is 2.45 bits per heavy atom. The molecule has 4 unspecified atom stereocenters. The fraction of sp³-hybridized carbons (Fsp3) is 0.486. The Morgan fingerprint density at radius 2 is 1.74 bits per heavy atom. The first kappa shape index (κ1) is 31.6. The maximum Gasteiger partial charge on any atom is 0.338 e. The first-order chi connectivity index (χ1) is 22.9. The molecule has 10 nitrogen and oxygen atoms in total. The van der Waals surface area contributed by atoms with Crippen molar-refractivity contribution >= 4 is 23.9 Å². The van der Waals surface area contributed by atoms with E-state index in [4.69, 9.17) is 19.3 Å². The second-order valence-electron chi connectivity index (χ2n) is 13.3. The summed E-state index contributed by atoms with van der Waals surface area (Å²) in [5.74, 6) is -0.894. The molecule has 3 aliphatic carbocycles. The molecule has 4 fully saturated rings. The molecule has 7 rings (SSSR count). The Labute approximate surface area is 274 Å². The number of allylic oxidation sites excluding steroid dienone is 1. The van der Waals surface area contributed by atoms with E-state index in [1.54, 1.807) is 29.2 Å². The molecule has 2 amide bonds. The van der Waals surface area contributed by atoms with Crippen LogP contribution in [0.15, 0.2) is 66.3 Å². The van der Waals surface area contributed by atoms with Crippen molar-refractivity contribution < 1.29 is 38.8 Å². The molecule has 0 spiro atoms. The van der Waals surface area contributed by atoms with Crippen LogP contribution >= 0.6 is 0 Å². The predicted octanol–water partition coefficient (Wildman–Crippen LogP) is 3.90. The van der Waals surface area contributed by atoms with Gasteiger partial charge >= 0.3 is 5.97 Å². The van der Waals surface area contributed by atoms with Crippen molar-refractivity contribution in [2.75, 3.05) is 19.7 Å². The van der Waals surface area contributed by atoms with Gasteiger partial charge in [0.1, 0.15) is 30.1 Å². The molecule has 2 aromatic rings. The first-order valence-corrected chi connectivity index (χ1v) is 16.9. The number of likely N-dealkylation sites (tertiary alicyclic amines) is 1. The van der Waals surface area contributed by atoms with Crippen molar-refractivity contribution in [2.24, 2.45) is 11.8 Å². The third-order valence-electron chi connectivity index (χ3n) is 9.96. The maximum absolute atomic E-state index is 13.9. The predicted molar refractivity (Wildman–Crippen MR) is 172 cm³/mol. The number of nitrogens with zero attached hydrogens (tertiary/aromatic N) is 1. The number of fused-ring (bicyclic) bond motifs is 1. The van der Waals surface area contributed by atoms with Gasteiger partial charge in [-0.05, 0) is 80.3 Å². The number of benzene rings is 2. The van der Waals surface area contributed by atoms with Crippen LogP contribution in [-0.2, 0) is 30.2 Å². The summed E-state index contributed by atoms with van der Waals surface area (Å²) in [5, 5.41) is 21.8. The van der Waals surface area contributed by atoms with Crippen molar-refractivity contribution in [1.29, 1.82) is 0 Å². The largest absolute Gasteiger partial charge is 0.508 e. The number of rotatable bonds is 11. The number of carbonyl (C=O) groups excluding carboxylic acids is 3. The summed E-state index contributed by atoms with van der Waals surface area (Å²) in [6, 6.07) is 13.7. The minimum atomic E-state index is -0.738. The highest BCUT2D eigenvalue weighted by Gasteiger charge is 2.64. The average molecular weight is 643 g/mol. The molecule has 0 aromatic heterocycles. The van der Waals surface area contributed by atoms with E-state index in [0.29, 0.717) is 48.8 Å². The van der Waals surface area contributed by atoms with Gasteiger partial charge in [0.25, 0.3) is 0 Å². The lowest BCUT2D eigenvalue weighted by Crippen LogP contribution is -2.49. The number of hydrogen-bond acceptors (Lipinski definition) is 8. The number of esters is 1. The molecule has 5 aliphatic rings. The third-order valence-corrected chi connectivity index (χ3v) is 9.96. The van der Waals surface area contributed by atoms with Gasteiger partial charge in [-0.3, -0.25) is 9.59 Å². The lowest BCUT2D eigenvalue weighted by Gasteiger charge is -2.33. The SMILES string of the molecule is O=C(OC1CC(C(=O)N2CCCC2C(=O)NCCO)=CC2OC(C3CC3)(C3CC3)OC21)c1ccc(C=CCc2ccccc2O)cc1. The number of nitrogens with one attached hydrogen (secondary N) is 1. The second-order valence-corrected chi connectivity index (χ2v) is 13.3. The first-order valence-electron chi connectivity index (χ1n) is 16.9. The Morgan fingerprint density at radius 1 is 1.00 bits per heavy atom. The summed E-state index contributed by atoms with van der Waals surface area (Å²) in [6.07, 6.45) is 10.0.